The number of pyridine rings is 1. The average Bonchev–Trinajstić information content (AvgIpc) is 3.63. The van der Waals surface area contributed by atoms with Gasteiger partial charge in [-0.2, -0.15) is 15.2 Å². The number of hydrogen-bond donors (Lipinski definition) is 1. The second-order valence-corrected chi connectivity index (χ2v) is 14.0. The standard InChI is InChI=1S/C32H35F3N8OS/c1-41(2)31(8-4-9-31)16-42(3)29-21-14-38-25(19-6-7-22(34)27-23(19)20(13-36)28(37)45-27)24(35)26(21)39-30(40-29)44-17-32-10-5-11-43(32)15-18(33)12-32/h6-7,14,18H,4-5,8-12,15-17,37H2,1-3H3/t18-,32+/m1/s1. The van der Waals surface area contributed by atoms with Gasteiger partial charge in [-0.15, -0.1) is 11.3 Å². The van der Waals surface area contributed by atoms with E-state index in [0.717, 1.165) is 50.0 Å². The summed E-state index contributed by atoms with van der Waals surface area (Å²) in [7, 11) is 6.05. The predicted octanol–water partition coefficient (Wildman–Crippen LogP) is 5.51. The van der Waals surface area contributed by atoms with Crippen LogP contribution in [0.3, 0.4) is 0 Å². The fourth-order valence-corrected chi connectivity index (χ4v) is 8.51. The molecule has 2 aliphatic heterocycles. The SMILES string of the molecule is CN(CC1(N(C)C)CCC1)c1nc(OC[C@@]23CCCN2C[C@H](F)C3)nc2c(F)c(-c3ccc(F)c4sc(N)c(C#N)c34)ncc12. The quantitative estimate of drug-likeness (QED) is 0.268. The lowest BCUT2D eigenvalue weighted by atomic mass is 9.75. The van der Waals surface area contributed by atoms with Crippen molar-refractivity contribution < 1.29 is 17.9 Å². The fourth-order valence-electron chi connectivity index (χ4n) is 7.56. The normalized spacial score (nSPS) is 22.6. The van der Waals surface area contributed by atoms with Crippen LogP contribution in [-0.2, 0) is 0 Å². The fraction of sp³-hybridized carbons (Fsp3) is 0.500. The molecule has 1 saturated carbocycles. The van der Waals surface area contributed by atoms with Crippen molar-refractivity contribution >= 4 is 43.1 Å². The smallest absolute Gasteiger partial charge is 0.319 e. The van der Waals surface area contributed by atoms with E-state index < -0.39 is 23.3 Å². The first kappa shape index (κ1) is 30.0. The highest BCUT2D eigenvalue weighted by atomic mass is 32.1. The minimum Gasteiger partial charge on any atom is -0.461 e. The first-order valence-electron chi connectivity index (χ1n) is 15.2. The zero-order valence-corrected chi connectivity index (χ0v) is 26.4. The molecule has 0 spiro atoms. The van der Waals surface area contributed by atoms with E-state index in [2.05, 4.69) is 33.9 Å². The highest BCUT2D eigenvalue weighted by Gasteiger charge is 2.49. The molecule has 236 valence electrons. The Morgan fingerprint density at radius 2 is 1.98 bits per heavy atom. The van der Waals surface area contributed by atoms with Gasteiger partial charge in [0, 0.05) is 49.2 Å². The molecule has 3 aromatic heterocycles. The van der Waals surface area contributed by atoms with Gasteiger partial charge in [0.15, 0.2) is 5.82 Å². The Morgan fingerprint density at radius 3 is 2.69 bits per heavy atom. The molecule has 1 aliphatic carbocycles. The lowest BCUT2D eigenvalue weighted by molar-refractivity contribution is 0.0681. The summed E-state index contributed by atoms with van der Waals surface area (Å²) in [4.78, 5) is 20.2. The number of likely N-dealkylation sites (N-methyl/N-ethyl adjacent to an activating group) is 2. The van der Waals surface area contributed by atoms with Gasteiger partial charge in [0.05, 0.1) is 21.2 Å². The summed E-state index contributed by atoms with van der Waals surface area (Å²) < 4.78 is 52.3. The van der Waals surface area contributed by atoms with Crippen LogP contribution in [0.2, 0.25) is 0 Å². The number of fused-ring (bicyclic) bond motifs is 3. The van der Waals surface area contributed by atoms with Gasteiger partial charge in [-0.25, -0.2) is 13.2 Å². The first-order valence-corrected chi connectivity index (χ1v) is 16.1. The third-order valence-corrected chi connectivity index (χ3v) is 11.2. The summed E-state index contributed by atoms with van der Waals surface area (Å²) >= 11 is 0.941. The highest BCUT2D eigenvalue weighted by Crippen LogP contribution is 2.44. The van der Waals surface area contributed by atoms with Gasteiger partial charge in [-0.3, -0.25) is 9.88 Å². The van der Waals surface area contributed by atoms with Gasteiger partial charge in [-0.05, 0) is 64.9 Å². The lowest BCUT2D eigenvalue weighted by Crippen LogP contribution is -2.56. The first-order chi connectivity index (χ1) is 21.6. The van der Waals surface area contributed by atoms with E-state index in [1.165, 1.54) is 18.3 Å². The van der Waals surface area contributed by atoms with Crippen LogP contribution in [0.25, 0.3) is 32.2 Å². The number of benzene rings is 1. The summed E-state index contributed by atoms with van der Waals surface area (Å²) in [5.74, 6) is -0.825. The van der Waals surface area contributed by atoms with E-state index in [-0.39, 0.29) is 55.6 Å². The number of halogens is 3. The van der Waals surface area contributed by atoms with Crippen molar-refractivity contribution in [2.24, 2.45) is 0 Å². The molecule has 3 aliphatic rings. The summed E-state index contributed by atoms with van der Waals surface area (Å²) in [6.07, 6.45) is 5.95. The van der Waals surface area contributed by atoms with Gasteiger partial charge in [0.1, 0.15) is 46.7 Å². The molecule has 13 heteroatoms. The summed E-state index contributed by atoms with van der Waals surface area (Å²) in [5.41, 5.74) is 5.80. The number of nitrogen functional groups attached to an aromatic ring is 1. The molecule has 1 aromatic carbocycles. The van der Waals surface area contributed by atoms with Gasteiger partial charge in [0.2, 0.25) is 0 Å². The molecule has 5 heterocycles. The second-order valence-electron chi connectivity index (χ2n) is 13.0. The maximum absolute atomic E-state index is 16.7. The number of aromatic nitrogens is 3. The van der Waals surface area contributed by atoms with Crippen LogP contribution in [0, 0.1) is 23.0 Å². The van der Waals surface area contributed by atoms with E-state index in [1.807, 2.05) is 18.0 Å². The maximum atomic E-state index is 16.7. The van der Waals surface area contributed by atoms with E-state index in [9.17, 15) is 14.0 Å². The van der Waals surface area contributed by atoms with Crippen molar-refractivity contribution in [2.45, 2.75) is 55.8 Å². The number of alkyl halides is 1. The number of nitriles is 1. The number of nitrogens with zero attached hydrogens (tertiary/aromatic N) is 7. The van der Waals surface area contributed by atoms with E-state index >= 15 is 4.39 Å². The Hall–Kier alpha value is -3.73. The number of ether oxygens (including phenoxy) is 1. The number of rotatable bonds is 8. The van der Waals surface area contributed by atoms with Crippen LogP contribution < -0.4 is 15.4 Å². The largest absolute Gasteiger partial charge is 0.461 e. The third kappa shape index (κ3) is 4.76. The van der Waals surface area contributed by atoms with Crippen LogP contribution in [-0.4, -0.2) is 89.4 Å². The van der Waals surface area contributed by atoms with Crippen LogP contribution in [0.5, 0.6) is 6.01 Å². The second kappa shape index (κ2) is 11.0. The zero-order valence-electron chi connectivity index (χ0n) is 25.5. The Morgan fingerprint density at radius 1 is 1.18 bits per heavy atom. The molecule has 0 unspecified atom stereocenters. The van der Waals surface area contributed by atoms with Crippen molar-refractivity contribution in [1.82, 2.24) is 24.8 Å². The van der Waals surface area contributed by atoms with Gasteiger partial charge >= 0.3 is 6.01 Å². The summed E-state index contributed by atoms with van der Waals surface area (Å²) in [6, 6.07) is 4.66. The Kier molecular flexibility index (Phi) is 7.30. The van der Waals surface area contributed by atoms with E-state index in [1.54, 1.807) is 0 Å². The van der Waals surface area contributed by atoms with E-state index in [4.69, 9.17) is 15.5 Å². The summed E-state index contributed by atoms with van der Waals surface area (Å²) in [5, 5.41) is 10.6. The van der Waals surface area contributed by atoms with Crippen LogP contribution in [0.1, 0.15) is 44.1 Å². The molecule has 9 nitrogen and oxygen atoms in total. The van der Waals surface area contributed by atoms with Crippen molar-refractivity contribution in [3.63, 3.8) is 0 Å². The minimum absolute atomic E-state index is 0.00168. The molecule has 2 saturated heterocycles. The number of anilines is 2. The van der Waals surface area contributed by atoms with Crippen LogP contribution >= 0.6 is 11.3 Å². The van der Waals surface area contributed by atoms with E-state index in [0.29, 0.717) is 30.7 Å². The van der Waals surface area contributed by atoms with Gasteiger partial charge in [0.25, 0.3) is 0 Å². The van der Waals surface area contributed by atoms with Crippen molar-refractivity contribution in [2.75, 3.05) is 58.0 Å². The van der Waals surface area contributed by atoms with Crippen molar-refractivity contribution in [3.05, 3.63) is 35.5 Å². The molecular formula is C32H35F3N8OS. The van der Waals surface area contributed by atoms with Crippen molar-refractivity contribution in [1.29, 1.82) is 5.26 Å². The zero-order chi connectivity index (χ0) is 31.7. The Balaban J connectivity index is 1.35. The summed E-state index contributed by atoms with van der Waals surface area (Å²) in [6.45, 7) is 2.04. The molecule has 0 bridgehead atoms. The predicted molar refractivity (Wildman–Crippen MR) is 169 cm³/mol. The van der Waals surface area contributed by atoms with Gasteiger partial charge in [-0.1, -0.05) is 0 Å². The minimum atomic E-state index is -0.916. The van der Waals surface area contributed by atoms with Crippen LogP contribution in [0.15, 0.2) is 18.3 Å². The number of hydrogen-bond acceptors (Lipinski definition) is 10. The third-order valence-electron chi connectivity index (χ3n) is 10.2. The Labute approximate surface area is 263 Å². The molecule has 45 heavy (non-hydrogen) atoms. The lowest BCUT2D eigenvalue weighted by Gasteiger charge is -2.49. The van der Waals surface area contributed by atoms with Crippen LogP contribution in [0.4, 0.5) is 24.0 Å². The Bertz CT molecular complexity index is 1850. The topological polar surface area (TPSA) is 107 Å². The molecule has 0 radical (unpaired) electrons. The highest BCUT2D eigenvalue weighted by molar-refractivity contribution is 7.23. The molecule has 2 N–H and O–H groups in total. The molecule has 7 rings (SSSR count). The van der Waals surface area contributed by atoms with Crippen molar-refractivity contribution in [3.8, 4) is 23.3 Å². The number of nitrogens with two attached hydrogens (primary N) is 1. The van der Waals surface area contributed by atoms with Gasteiger partial charge < -0.3 is 20.3 Å². The monoisotopic (exact) mass is 636 g/mol. The molecule has 4 aromatic rings. The molecule has 0 amide bonds. The molecule has 2 atom stereocenters. The molecular weight excluding hydrogens is 601 g/mol. The maximum Gasteiger partial charge on any atom is 0.319 e. The number of thiophene rings is 1. The molecule has 3 fully saturated rings. The average molecular weight is 637 g/mol.